The second-order valence-corrected chi connectivity index (χ2v) is 5.00. The first-order chi connectivity index (χ1) is 8.63. The standard InChI is InChI=1S/C15H25N3.HI/c1-13(2)10-11-17-15(16-3)18(4)12-14-8-6-5-7-9-14;/h5-9,13H,10-12H2,1-4H3,(H,16,17);1H. The molecule has 0 atom stereocenters. The van der Waals surface area contributed by atoms with Crippen molar-refractivity contribution in [3.8, 4) is 0 Å². The fourth-order valence-corrected chi connectivity index (χ4v) is 1.79. The smallest absolute Gasteiger partial charge is 0.193 e. The maximum atomic E-state index is 4.31. The predicted molar refractivity (Wildman–Crippen MR) is 94.1 cm³/mol. The first-order valence-electron chi connectivity index (χ1n) is 6.59. The van der Waals surface area contributed by atoms with Gasteiger partial charge in [-0.05, 0) is 17.9 Å². The summed E-state index contributed by atoms with van der Waals surface area (Å²) >= 11 is 0. The topological polar surface area (TPSA) is 27.6 Å². The van der Waals surface area contributed by atoms with Gasteiger partial charge in [-0.3, -0.25) is 4.99 Å². The summed E-state index contributed by atoms with van der Waals surface area (Å²) < 4.78 is 0. The molecule has 19 heavy (non-hydrogen) atoms. The van der Waals surface area contributed by atoms with Gasteiger partial charge >= 0.3 is 0 Å². The van der Waals surface area contributed by atoms with E-state index >= 15 is 0 Å². The van der Waals surface area contributed by atoms with Crippen molar-refractivity contribution >= 4 is 29.9 Å². The van der Waals surface area contributed by atoms with E-state index in [-0.39, 0.29) is 24.0 Å². The van der Waals surface area contributed by atoms with Crippen LogP contribution in [0.1, 0.15) is 25.8 Å². The summed E-state index contributed by atoms with van der Waals surface area (Å²) in [5, 5.41) is 3.40. The van der Waals surface area contributed by atoms with Crippen LogP contribution >= 0.6 is 24.0 Å². The molecule has 0 aliphatic heterocycles. The average Bonchev–Trinajstić information content (AvgIpc) is 2.35. The number of guanidine groups is 1. The Bertz CT molecular complexity index is 363. The Morgan fingerprint density at radius 1 is 1.26 bits per heavy atom. The predicted octanol–water partition coefficient (Wildman–Crippen LogP) is 3.36. The van der Waals surface area contributed by atoms with Crippen LogP contribution in [0.5, 0.6) is 0 Å². The number of hydrogen-bond donors (Lipinski definition) is 1. The SMILES string of the molecule is CN=C(NCCC(C)C)N(C)Cc1ccccc1.I. The molecule has 1 rings (SSSR count). The molecule has 108 valence electrons. The quantitative estimate of drug-likeness (QED) is 0.486. The molecule has 1 aromatic carbocycles. The van der Waals surface area contributed by atoms with E-state index in [0.717, 1.165) is 31.4 Å². The van der Waals surface area contributed by atoms with Crippen LogP contribution in [0.15, 0.2) is 35.3 Å². The maximum Gasteiger partial charge on any atom is 0.193 e. The van der Waals surface area contributed by atoms with Crippen LogP contribution in [0.3, 0.4) is 0 Å². The summed E-state index contributed by atoms with van der Waals surface area (Å²) in [6.45, 7) is 6.32. The largest absolute Gasteiger partial charge is 0.356 e. The summed E-state index contributed by atoms with van der Waals surface area (Å²) in [7, 11) is 3.90. The first-order valence-corrected chi connectivity index (χ1v) is 6.59. The first kappa shape index (κ1) is 18.2. The van der Waals surface area contributed by atoms with Crippen LogP contribution in [0.25, 0.3) is 0 Å². The zero-order valence-corrected chi connectivity index (χ0v) is 14.7. The van der Waals surface area contributed by atoms with Gasteiger partial charge in [-0.2, -0.15) is 0 Å². The Balaban J connectivity index is 0.00000324. The van der Waals surface area contributed by atoms with Gasteiger partial charge in [-0.15, -0.1) is 24.0 Å². The molecule has 0 aromatic heterocycles. The molecule has 0 unspecified atom stereocenters. The van der Waals surface area contributed by atoms with E-state index in [4.69, 9.17) is 0 Å². The molecule has 0 fully saturated rings. The van der Waals surface area contributed by atoms with Crippen LogP contribution in [-0.2, 0) is 6.54 Å². The molecule has 3 nitrogen and oxygen atoms in total. The summed E-state index contributed by atoms with van der Waals surface area (Å²) in [6, 6.07) is 10.4. The van der Waals surface area contributed by atoms with Crippen molar-refractivity contribution < 1.29 is 0 Å². The molecule has 0 aliphatic rings. The molecule has 0 saturated carbocycles. The van der Waals surface area contributed by atoms with Crippen LogP contribution in [0.2, 0.25) is 0 Å². The van der Waals surface area contributed by atoms with Gasteiger partial charge in [-0.1, -0.05) is 44.2 Å². The molecule has 0 amide bonds. The van der Waals surface area contributed by atoms with Crippen molar-refractivity contribution in [3.05, 3.63) is 35.9 Å². The Morgan fingerprint density at radius 2 is 1.89 bits per heavy atom. The molecule has 0 heterocycles. The average molecular weight is 375 g/mol. The van der Waals surface area contributed by atoms with Gasteiger partial charge in [0.2, 0.25) is 0 Å². The van der Waals surface area contributed by atoms with E-state index < -0.39 is 0 Å². The second-order valence-electron chi connectivity index (χ2n) is 5.00. The molecular formula is C15H26IN3. The maximum absolute atomic E-state index is 4.31. The number of rotatable bonds is 5. The normalized spacial score (nSPS) is 11.1. The summed E-state index contributed by atoms with van der Waals surface area (Å²) in [5.74, 6) is 1.68. The van der Waals surface area contributed by atoms with Crippen molar-refractivity contribution in [1.82, 2.24) is 10.2 Å². The lowest BCUT2D eigenvalue weighted by molar-refractivity contribution is 0.469. The lowest BCUT2D eigenvalue weighted by Gasteiger charge is -2.22. The van der Waals surface area contributed by atoms with Gasteiger partial charge in [0.15, 0.2) is 5.96 Å². The fraction of sp³-hybridized carbons (Fsp3) is 0.533. The molecule has 0 spiro atoms. The zero-order valence-electron chi connectivity index (χ0n) is 12.4. The minimum absolute atomic E-state index is 0. The highest BCUT2D eigenvalue weighted by Crippen LogP contribution is 2.03. The number of aliphatic imine (C=N–C) groups is 1. The van der Waals surface area contributed by atoms with Crippen molar-refractivity contribution in [1.29, 1.82) is 0 Å². The summed E-state index contributed by atoms with van der Waals surface area (Å²) in [5.41, 5.74) is 1.30. The Morgan fingerprint density at radius 3 is 2.42 bits per heavy atom. The third kappa shape index (κ3) is 7.40. The van der Waals surface area contributed by atoms with Gasteiger partial charge in [-0.25, -0.2) is 0 Å². The minimum atomic E-state index is 0. The Kier molecular flexibility index (Phi) is 9.65. The monoisotopic (exact) mass is 375 g/mol. The highest BCUT2D eigenvalue weighted by molar-refractivity contribution is 14.0. The Hall–Kier alpha value is -0.780. The highest BCUT2D eigenvalue weighted by atomic mass is 127. The Labute approximate surface area is 134 Å². The second kappa shape index (κ2) is 10.1. The van der Waals surface area contributed by atoms with Crippen molar-refractivity contribution in [3.63, 3.8) is 0 Å². The van der Waals surface area contributed by atoms with E-state index in [1.807, 2.05) is 13.1 Å². The third-order valence-corrected chi connectivity index (χ3v) is 2.84. The van der Waals surface area contributed by atoms with Gasteiger partial charge < -0.3 is 10.2 Å². The van der Waals surface area contributed by atoms with E-state index in [9.17, 15) is 0 Å². The molecule has 0 bridgehead atoms. The van der Waals surface area contributed by atoms with Crippen LogP contribution in [0, 0.1) is 5.92 Å². The molecular weight excluding hydrogens is 349 g/mol. The minimum Gasteiger partial charge on any atom is -0.356 e. The molecule has 0 saturated heterocycles. The molecule has 0 radical (unpaired) electrons. The van der Waals surface area contributed by atoms with E-state index in [1.165, 1.54) is 5.56 Å². The van der Waals surface area contributed by atoms with Gasteiger partial charge in [0, 0.05) is 27.2 Å². The van der Waals surface area contributed by atoms with Gasteiger partial charge in [0.25, 0.3) is 0 Å². The van der Waals surface area contributed by atoms with Crippen molar-refractivity contribution in [2.45, 2.75) is 26.8 Å². The number of nitrogens with zero attached hydrogens (tertiary/aromatic N) is 2. The number of benzene rings is 1. The summed E-state index contributed by atoms with van der Waals surface area (Å²) in [4.78, 5) is 6.46. The lowest BCUT2D eigenvalue weighted by atomic mass is 10.1. The van der Waals surface area contributed by atoms with E-state index in [0.29, 0.717) is 0 Å². The molecule has 4 heteroatoms. The number of halogens is 1. The zero-order chi connectivity index (χ0) is 13.4. The van der Waals surface area contributed by atoms with Gasteiger partial charge in [0.05, 0.1) is 0 Å². The lowest BCUT2D eigenvalue weighted by Crippen LogP contribution is -2.39. The van der Waals surface area contributed by atoms with Crippen LogP contribution in [0.4, 0.5) is 0 Å². The van der Waals surface area contributed by atoms with Crippen LogP contribution < -0.4 is 5.32 Å². The van der Waals surface area contributed by atoms with Crippen molar-refractivity contribution in [2.75, 3.05) is 20.6 Å². The molecule has 1 N–H and O–H groups in total. The number of hydrogen-bond acceptors (Lipinski definition) is 1. The van der Waals surface area contributed by atoms with Crippen molar-refractivity contribution in [2.24, 2.45) is 10.9 Å². The van der Waals surface area contributed by atoms with Gasteiger partial charge in [0.1, 0.15) is 0 Å². The molecule has 0 aliphatic carbocycles. The molecule has 1 aromatic rings. The van der Waals surface area contributed by atoms with E-state index in [2.05, 4.69) is 60.4 Å². The highest BCUT2D eigenvalue weighted by Gasteiger charge is 2.06. The summed E-state index contributed by atoms with van der Waals surface area (Å²) in [6.07, 6.45) is 1.16. The van der Waals surface area contributed by atoms with Crippen LogP contribution in [-0.4, -0.2) is 31.5 Å². The third-order valence-electron chi connectivity index (χ3n) is 2.84. The number of nitrogens with one attached hydrogen (secondary N) is 1. The fourth-order valence-electron chi connectivity index (χ4n) is 1.79. The van der Waals surface area contributed by atoms with E-state index in [1.54, 1.807) is 0 Å².